The minimum absolute atomic E-state index is 0.147. The number of nitrogens with one attached hydrogen (secondary N) is 1. The van der Waals surface area contributed by atoms with E-state index in [1.807, 2.05) is 0 Å². The third-order valence-electron chi connectivity index (χ3n) is 1.67. The van der Waals surface area contributed by atoms with Gasteiger partial charge < -0.3 is 5.32 Å². The summed E-state index contributed by atoms with van der Waals surface area (Å²) >= 11 is 7.24. The number of carbonyl (C=O) groups is 1. The van der Waals surface area contributed by atoms with Crippen molar-refractivity contribution in [2.24, 2.45) is 0 Å². The number of alkyl halides is 4. The molecule has 1 heterocycles. The van der Waals surface area contributed by atoms with Crippen LogP contribution in [0, 0.1) is 0 Å². The molecule has 0 aromatic carbocycles. The highest BCUT2D eigenvalue weighted by atomic mass is 79.9. The number of hydrogen-bond acceptors (Lipinski definition) is 2. The van der Waals surface area contributed by atoms with Crippen molar-refractivity contribution in [1.82, 2.24) is 5.32 Å². The molecule has 0 unspecified atom stereocenters. The normalized spacial score (nSPS) is 11.9. The summed E-state index contributed by atoms with van der Waals surface area (Å²) in [5.74, 6) is -5.04. The van der Waals surface area contributed by atoms with Crippen LogP contribution in [-0.4, -0.2) is 24.8 Å². The van der Waals surface area contributed by atoms with Gasteiger partial charge in [-0.3, -0.25) is 4.79 Å². The molecule has 0 spiro atoms. The molecule has 0 saturated heterocycles. The van der Waals surface area contributed by atoms with Crippen LogP contribution in [0.5, 0.6) is 0 Å². The van der Waals surface area contributed by atoms with Gasteiger partial charge in [0.2, 0.25) is 0 Å². The Morgan fingerprint density at radius 3 is 2.47 bits per heavy atom. The number of halogens is 6. The van der Waals surface area contributed by atoms with Crippen molar-refractivity contribution in [2.45, 2.75) is 12.3 Å². The molecule has 0 atom stereocenters. The van der Waals surface area contributed by atoms with E-state index in [0.29, 0.717) is 8.26 Å². The summed E-state index contributed by atoms with van der Waals surface area (Å²) in [7, 11) is 0. The van der Waals surface area contributed by atoms with Crippen molar-refractivity contribution in [3.05, 3.63) is 19.2 Å². The van der Waals surface area contributed by atoms with Crippen molar-refractivity contribution >= 4 is 49.1 Å². The maximum absolute atomic E-state index is 12.5. The lowest BCUT2D eigenvalue weighted by atomic mass is 10.3. The van der Waals surface area contributed by atoms with Gasteiger partial charge in [0.15, 0.2) is 0 Å². The summed E-state index contributed by atoms with van der Waals surface area (Å²) in [6, 6.07) is 1.41. The zero-order chi connectivity index (χ0) is 13.2. The van der Waals surface area contributed by atoms with Crippen LogP contribution in [0.3, 0.4) is 0 Å². The van der Waals surface area contributed by atoms with E-state index in [1.165, 1.54) is 6.07 Å². The SMILES string of the molecule is O=C(NCC(F)(F)C(F)F)c1cc(Br)c(Br)s1. The fourth-order valence-electron chi connectivity index (χ4n) is 0.821. The molecule has 1 aromatic rings. The van der Waals surface area contributed by atoms with E-state index in [0.717, 1.165) is 11.3 Å². The quantitative estimate of drug-likeness (QED) is 0.765. The summed E-state index contributed by atoms with van der Waals surface area (Å²) in [6.45, 7) is -1.39. The number of thiophene rings is 1. The highest BCUT2D eigenvalue weighted by Crippen LogP contribution is 2.32. The van der Waals surface area contributed by atoms with Gasteiger partial charge in [0.1, 0.15) is 0 Å². The van der Waals surface area contributed by atoms with E-state index < -0.39 is 24.8 Å². The molecule has 0 radical (unpaired) electrons. The van der Waals surface area contributed by atoms with Gasteiger partial charge in [0.05, 0.1) is 15.2 Å². The summed E-state index contributed by atoms with van der Waals surface area (Å²) in [5.41, 5.74) is 0. The Labute approximate surface area is 115 Å². The Morgan fingerprint density at radius 2 is 2.06 bits per heavy atom. The highest BCUT2D eigenvalue weighted by Gasteiger charge is 2.40. The average Bonchev–Trinajstić information content (AvgIpc) is 2.56. The van der Waals surface area contributed by atoms with Gasteiger partial charge in [-0.25, -0.2) is 8.78 Å². The van der Waals surface area contributed by atoms with E-state index in [1.54, 1.807) is 5.32 Å². The van der Waals surface area contributed by atoms with Crippen LogP contribution in [0.4, 0.5) is 17.6 Å². The van der Waals surface area contributed by atoms with Gasteiger partial charge in [0.25, 0.3) is 5.91 Å². The van der Waals surface area contributed by atoms with Crippen LogP contribution >= 0.6 is 43.2 Å². The van der Waals surface area contributed by atoms with E-state index in [2.05, 4.69) is 31.9 Å². The largest absolute Gasteiger partial charge is 0.345 e. The standard InChI is InChI=1S/C8H5Br2F4NOS/c9-3-1-4(17-5(3)10)6(16)15-2-8(13,14)7(11)12/h1,7H,2H2,(H,15,16). The average molecular weight is 399 g/mol. The zero-order valence-electron chi connectivity index (χ0n) is 7.95. The zero-order valence-corrected chi connectivity index (χ0v) is 11.9. The highest BCUT2D eigenvalue weighted by molar-refractivity contribution is 9.13. The van der Waals surface area contributed by atoms with Gasteiger partial charge in [-0.05, 0) is 37.9 Å². The van der Waals surface area contributed by atoms with E-state index in [-0.39, 0.29) is 4.88 Å². The fraction of sp³-hybridized carbons (Fsp3) is 0.375. The first kappa shape index (κ1) is 14.9. The van der Waals surface area contributed by atoms with Crippen LogP contribution in [0.1, 0.15) is 9.67 Å². The first-order valence-electron chi connectivity index (χ1n) is 4.13. The summed E-state index contributed by atoms with van der Waals surface area (Å²) in [6.07, 6.45) is -3.80. The molecular formula is C8H5Br2F4NOS. The second-order valence-electron chi connectivity index (χ2n) is 2.98. The minimum atomic E-state index is -4.22. The molecule has 96 valence electrons. The first-order valence-corrected chi connectivity index (χ1v) is 6.53. The molecule has 0 saturated carbocycles. The number of rotatable bonds is 4. The van der Waals surface area contributed by atoms with Crippen molar-refractivity contribution in [1.29, 1.82) is 0 Å². The molecular weight excluding hydrogens is 394 g/mol. The van der Waals surface area contributed by atoms with E-state index in [9.17, 15) is 22.4 Å². The van der Waals surface area contributed by atoms with Crippen LogP contribution in [0.15, 0.2) is 14.3 Å². The molecule has 0 aliphatic heterocycles. The van der Waals surface area contributed by atoms with Gasteiger partial charge >= 0.3 is 12.3 Å². The third kappa shape index (κ3) is 3.92. The second kappa shape index (κ2) is 5.66. The molecule has 1 rings (SSSR count). The number of carbonyl (C=O) groups excluding carboxylic acids is 1. The van der Waals surface area contributed by atoms with Crippen molar-refractivity contribution in [3.63, 3.8) is 0 Å². The molecule has 1 aromatic heterocycles. The fourth-order valence-corrected chi connectivity index (χ4v) is 2.77. The predicted octanol–water partition coefficient (Wildman–Crippen LogP) is 3.90. The van der Waals surface area contributed by atoms with Crippen LogP contribution < -0.4 is 5.32 Å². The molecule has 0 aliphatic carbocycles. The Morgan fingerprint density at radius 1 is 1.47 bits per heavy atom. The smallest absolute Gasteiger partial charge is 0.324 e. The number of amides is 1. The summed E-state index contributed by atoms with van der Waals surface area (Å²) < 4.78 is 49.9. The summed E-state index contributed by atoms with van der Waals surface area (Å²) in [5, 5.41) is 1.76. The van der Waals surface area contributed by atoms with Crippen LogP contribution in [0.2, 0.25) is 0 Å². The van der Waals surface area contributed by atoms with Gasteiger partial charge in [-0.1, -0.05) is 0 Å². The lowest BCUT2D eigenvalue weighted by molar-refractivity contribution is -0.123. The molecule has 17 heavy (non-hydrogen) atoms. The Kier molecular flexibility index (Phi) is 4.96. The molecule has 9 heteroatoms. The topological polar surface area (TPSA) is 29.1 Å². The number of hydrogen-bond donors (Lipinski definition) is 1. The Hall–Kier alpha value is -0.150. The first-order chi connectivity index (χ1) is 7.74. The van der Waals surface area contributed by atoms with Crippen molar-refractivity contribution < 1.29 is 22.4 Å². The lowest BCUT2D eigenvalue weighted by Gasteiger charge is -2.15. The van der Waals surface area contributed by atoms with Crippen molar-refractivity contribution in [2.75, 3.05) is 6.54 Å². The van der Waals surface area contributed by atoms with Gasteiger partial charge in [-0.15, -0.1) is 11.3 Å². The van der Waals surface area contributed by atoms with E-state index in [4.69, 9.17) is 0 Å². The Balaban J connectivity index is 2.62. The molecule has 1 N–H and O–H groups in total. The van der Waals surface area contributed by atoms with Crippen molar-refractivity contribution in [3.8, 4) is 0 Å². The second-order valence-corrected chi connectivity index (χ2v) is 6.20. The van der Waals surface area contributed by atoms with Crippen LogP contribution in [-0.2, 0) is 0 Å². The van der Waals surface area contributed by atoms with E-state index >= 15 is 0 Å². The third-order valence-corrected chi connectivity index (χ3v) is 4.93. The maximum Gasteiger partial charge on any atom is 0.324 e. The minimum Gasteiger partial charge on any atom is -0.345 e. The lowest BCUT2D eigenvalue weighted by Crippen LogP contribution is -2.41. The summed E-state index contributed by atoms with van der Waals surface area (Å²) in [4.78, 5) is 11.5. The molecule has 0 bridgehead atoms. The predicted molar refractivity (Wildman–Crippen MR) is 63.0 cm³/mol. The van der Waals surface area contributed by atoms with Crippen LogP contribution in [0.25, 0.3) is 0 Å². The molecule has 1 amide bonds. The van der Waals surface area contributed by atoms with Gasteiger partial charge in [-0.2, -0.15) is 8.78 Å². The maximum atomic E-state index is 12.5. The monoisotopic (exact) mass is 397 g/mol. The Bertz CT molecular complexity index is 404. The van der Waals surface area contributed by atoms with Gasteiger partial charge in [0, 0.05) is 4.47 Å². The molecule has 0 fully saturated rings. The molecule has 0 aliphatic rings. The molecule has 2 nitrogen and oxygen atoms in total.